The second-order valence-electron chi connectivity index (χ2n) is 12.2. The molecule has 0 radical (unpaired) electrons. The van der Waals surface area contributed by atoms with E-state index in [0.29, 0.717) is 6.54 Å². The van der Waals surface area contributed by atoms with E-state index in [4.69, 9.17) is 11.5 Å². The molecule has 0 aliphatic rings. The van der Waals surface area contributed by atoms with Gasteiger partial charge in [0.05, 0.1) is 5.69 Å². The fourth-order valence-electron chi connectivity index (χ4n) is 6.14. The van der Waals surface area contributed by atoms with Crippen LogP contribution < -0.4 is 11.5 Å². The Balaban J connectivity index is 1.12. The standard InChI is InChI=1S/C41H43N7/c42-41(43)46-23-6-26-47(30-38-9-5-8-37-7-1-2-11-40(37)38)27-32-12-16-35(17-13-32)36-18-14-33(15-19-36)28-48(29-34-20-24-44-25-21-34)31-39-10-3-4-22-45-39/h1-5,7-22,24-25H,6,23,26-31H2,(H4,42,43,46). The predicted molar refractivity (Wildman–Crippen MR) is 197 cm³/mol. The first-order chi connectivity index (χ1) is 23.6. The highest BCUT2D eigenvalue weighted by Crippen LogP contribution is 2.24. The fourth-order valence-corrected chi connectivity index (χ4v) is 6.14. The van der Waals surface area contributed by atoms with Gasteiger partial charge < -0.3 is 11.5 Å². The van der Waals surface area contributed by atoms with Gasteiger partial charge in [0.25, 0.3) is 0 Å². The third kappa shape index (κ3) is 9.35. The number of hydrogen-bond donors (Lipinski definition) is 2. The molecule has 0 bridgehead atoms. The van der Waals surface area contributed by atoms with Crippen molar-refractivity contribution in [1.82, 2.24) is 19.8 Å². The SMILES string of the molecule is NC(N)=NCCCN(Cc1ccc(-c2ccc(CN(Cc3ccncc3)Cc3ccccn3)cc2)cc1)Cc1cccc2ccccc12. The summed E-state index contributed by atoms with van der Waals surface area (Å²) in [6, 6.07) is 43.3. The summed E-state index contributed by atoms with van der Waals surface area (Å²) in [6.45, 7) is 5.63. The molecule has 6 rings (SSSR count). The summed E-state index contributed by atoms with van der Waals surface area (Å²) >= 11 is 0. The van der Waals surface area contributed by atoms with E-state index in [2.05, 4.69) is 134 Å². The van der Waals surface area contributed by atoms with Gasteiger partial charge in [-0.25, -0.2) is 0 Å². The van der Waals surface area contributed by atoms with Gasteiger partial charge in [-0.1, -0.05) is 97.1 Å². The van der Waals surface area contributed by atoms with Gasteiger partial charge in [0, 0.05) is 64.4 Å². The lowest BCUT2D eigenvalue weighted by molar-refractivity contribution is 0.244. The molecule has 6 aromatic rings. The summed E-state index contributed by atoms with van der Waals surface area (Å²) < 4.78 is 0. The molecular weight excluding hydrogens is 591 g/mol. The Labute approximate surface area is 283 Å². The highest BCUT2D eigenvalue weighted by atomic mass is 15.1. The quantitative estimate of drug-likeness (QED) is 0.0708. The number of rotatable bonds is 15. The Bertz CT molecular complexity index is 1840. The molecule has 0 atom stereocenters. The summed E-state index contributed by atoms with van der Waals surface area (Å²) in [5, 5.41) is 2.56. The van der Waals surface area contributed by atoms with Crippen molar-refractivity contribution in [3.8, 4) is 11.1 Å². The number of pyridine rings is 2. The molecule has 0 aliphatic carbocycles. The zero-order valence-electron chi connectivity index (χ0n) is 27.3. The molecule has 7 heteroatoms. The minimum atomic E-state index is 0.144. The molecule has 48 heavy (non-hydrogen) atoms. The van der Waals surface area contributed by atoms with E-state index in [1.165, 1.54) is 44.2 Å². The molecular formula is C41H43N7. The van der Waals surface area contributed by atoms with Crippen molar-refractivity contribution in [1.29, 1.82) is 0 Å². The topological polar surface area (TPSA) is 96.7 Å². The van der Waals surface area contributed by atoms with Crippen LogP contribution in [-0.4, -0.2) is 38.8 Å². The average molecular weight is 634 g/mol. The van der Waals surface area contributed by atoms with Crippen LogP contribution in [-0.2, 0) is 32.7 Å². The van der Waals surface area contributed by atoms with E-state index in [0.717, 1.165) is 51.4 Å². The molecule has 242 valence electrons. The summed E-state index contributed by atoms with van der Waals surface area (Å²) in [6.07, 6.45) is 6.45. The van der Waals surface area contributed by atoms with Crippen molar-refractivity contribution >= 4 is 16.7 Å². The van der Waals surface area contributed by atoms with Gasteiger partial charge in [0.2, 0.25) is 0 Å². The number of nitrogens with zero attached hydrogens (tertiary/aromatic N) is 5. The minimum absolute atomic E-state index is 0.144. The van der Waals surface area contributed by atoms with Crippen LogP contribution in [0.4, 0.5) is 0 Å². The minimum Gasteiger partial charge on any atom is -0.370 e. The Morgan fingerprint density at radius 1 is 0.562 bits per heavy atom. The average Bonchev–Trinajstić information content (AvgIpc) is 3.12. The highest BCUT2D eigenvalue weighted by molar-refractivity contribution is 5.85. The van der Waals surface area contributed by atoms with Crippen LogP contribution in [0.5, 0.6) is 0 Å². The maximum atomic E-state index is 5.57. The van der Waals surface area contributed by atoms with E-state index in [1.807, 2.05) is 30.7 Å². The second kappa shape index (κ2) is 16.5. The highest BCUT2D eigenvalue weighted by Gasteiger charge is 2.12. The molecule has 0 aliphatic heterocycles. The lowest BCUT2D eigenvalue weighted by atomic mass is 10.0. The lowest BCUT2D eigenvalue weighted by Gasteiger charge is -2.23. The van der Waals surface area contributed by atoms with Crippen molar-refractivity contribution in [3.05, 3.63) is 168 Å². The van der Waals surface area contributed by atoms with Crippen LogP contribution in [0, 0.1) is 0 Å². The van der Waals surface area contributed by atoms with E-state index in [1.54, 1.807) is 0 Å². The van der Waals surface area contributed by atoms with Crippen molar-refractivity contribution in [2.75, 3.05) is 13.1 Å². The Morgan fingerprint density at radius 2 is 1.19 bits per heavy atom. The third-order valence-corrected chi connectivity index (χ3v) is 8.52. The number of fused-ring (bicyclic) bond motifs is 1. The molecule has 2 heterocycles. The first-order valence-electron chi connectivity index (χ1n) is 16.5. The Morgan fingerprint density at radius 3 is 1.85 bits per heavy atom. The van der Waals surface area contributed by atoms with Crippen LogP contribution in [0.1, 0.15) is 34.4 Å². The van der Waals surface area contributed by atoms with Gasteiger partial charge in [0.1, 0.15) is 0 Å². The van der Waals surface area contributed by atoms with E-state index in [-0.39, 0.29) is 5.96 Å². The number of hydrogen-bond acceptors (Lipinski definition) is 5. The summed E-state index contributed by atoms with van der Waals surface area (Å²) in [5.74, 6) is 0.144. The van der Waals surface area contributed by atoms with E-state index < -0.39 is 0 Å². The molecule has 0 spiro atoms. The van der Waals surface area contributed by atoms with Crippen molar-refractivity contribution in [3.63, 3.8) is 0 Å². The van der Waals surface area contributed by atoms with E-state index in [9.17, 15) is 0 Å². The normalized spacial score (nSPS) is 11.3. The van der Waals surface area contributed by atoms with Gasteiger partial charge >= 0.3 is 0 Å². The van der Waals surface area contributed by atoms with Gasteiger partial charge in [0.15, 0.2) is 5.96 Å². The zero-order valence-corrected chi connectivity index (χ0v) is 27.3. The van der Waals surface area contributed by atoms with Gasteiger partial charge in [-0.15, -0.1) is 0 Å². The van der Waals surface area contributed by atoms with Gasteiger partial charge in [-0.3, -0.25) is 24.8 Å². The number of nitrogens with two attached hydrogens (primary N) is 2. The summed E-state index contributed by atoms with van der Waals surface area (Å²) in [7, 11) is 0. The first kappa shape index (κ1) is 32.6. The molecule has 7 nitrogen and oxygen atoms in total. The van der Waals surface area contributed by atoms with Crippen molar-refractivity contribution in [2.24, 2.45) is 16.5 Å². The molecule has 0 saturated heterocycles. The van der Waals surface area contributed by atoms with Crippen LogP contribution >= 0.6 is 0 Å². The first-order valence-corrected chi connectivity index (χ1v) is 16.5. The molecule has 4 N–H and O–H groups in total. The number of guanidine groups is 1. The molecule has 0 saturated carbocycles. The zero-order chi connectivity index (χ0) is 33.0. The molecule has 0 unspecified atom stereocenters. The number of aliphatic imine (C=N–C) groups is 1. The van der Waals surface area contributed by atoms with E-state index >= 15 is 0 Å². The molecule has 4 aromatic carbocycles. The molecule has 0 fully saturated rings. The van der Waals surface area contributed by atoms with Crippen LogP contribution in [0.15, 0.2) is 145 Å². The smallest absolute Gasteiger partial charge is 0.185 e. The number of aromatic nitrogens is 2. The van der Waals surface area contributed by atoms with Crippen LogP contribution in [0.25, 0.3) is 21.9 Å². The fraction of sp³-hybridized carbons (Fsp3) is 0.195. The lowest BCUT2D eigenvalue weighted by Crippen LogP contribution is -2.26. The maximum Gasteiger partial charge on any atom is 0.185 e. The van der Waals surface area contributed by atoms with Crippen molar-refractivity contribution in [2.45, 2.75) is 39.1 Å². The largest absolute Gasteiger partial charge is 0.370 e. The van der Waals surface area contributed by atoms with Crippen LogP contribution in [0.2, 0.25) is 0 Å². The van der Waals surface area contributed by atoms with Gasteiger partial charge in [-0.05, 0) is 74.8 Å². The van der Waals surface area contributed by atoms with Crippen LogP contribution in [0.3, 0.4) is 0 Å². The summed E-state index contributed by atoms with van der Waals surface area (Å²) in [5.41, 5.74) is 19.7. The third-order valence-electron chi connectivity index (χ3n) is 8.52. The van der Waals surface area contributed by atoms with Crippen molar-refractivity contribution < 1.29 is 0 Å². The van der Waals surface area contributed by atoms with Gasteiger partial charge in [-0.2, -0.15) is 0 Å². The molecule has 2 aromatic heterocycles. The Hall–Kier alpha value is -5.37. The number of benzene rings is 4. The second-order valence-corrected chi connectivity index (χ2v) is 12.2. The predicted octanol–water partition coefficient (Wildman–Crippen LogP) is 7.16. The summed E-state index contributed by atoms with van der Waals surface area (Å²) in [4.78, 5) is 17.9. The monoisotopic (exact) mass is 633 g/mol. The maximum absolute atomic E-state index is 5.57. The Kier molecular flexibility index (Phi) is 11.2. The molecule has 0 amide bonds.